The fourth-order valence-corrected chi connectivity index (χ4v) is 2.65. The van der Waals surface area contributed by atoms with Gasteiger partial charge in [-0.15, -0.1) is 0 Å². The molecule has 0 aliphatic carbocycles. The van der Waals surface area contributed by atoms with E-state index in [9.17, 15) is 9.59 Å². The van der Waals surface area contributed by atoms with Gasteiger partial charge in [0.15, 0.2) is 0 Å². The minimum absolute atomic E-state index is 0.0740. The molecule has 16 heavy (non-hydrogen) atoms. The van der Waals surface area contributed by atoms with Crippen LogP contribution in [0.4, 0.5) is 0 Å². The van der Waals surface area contributed by atoms with E-state index in [2.05, 4.69) is 18.9 Å². The van der Waals surface area contributed by atoms with Crippen molar-refractivity contribution in [3.63, 3.8) is 0 Å². The summed E-state index contributed by atoms with van der Waals surface area (Å²) in [5.74, 6) is 0.112. The Labute approximate surface area is 95.9 Å². The van der Waals surface area contributed by atoms with E-state index in [-0.39, 0.29) is 17.9 Å². The summed E-state index contributed by atoms with van der Waals surface area (Å²) in [4.78, 5) is 27.3. The number of hydrogen-bond donors (Lipinski definition) is 0. The third-order valence-electron chi connectivity index (χ3n) is 3.53. The van der Waals surface area contributed by atoms with Gasteiger partial charge in [0.1, 0.15) is 0 Å². The van der Waals surface area contributed by atoms with Crippen LogP contribution in [-0.2, 0) is 9.59 Å². The molecule has 1 saturated heterocycles. The first-order valence-corrected chi connectivity index (χ1v) is 5.75. The van der Waals surface area contributed by atoms with E-state index in [1.54, 1.807) is 6.92 Å². The molecule has 2 amide bonds. The van der Waals surface area contributed by atoms with Crippen LogP contribution in [-0.4, -0.2) is 47.8 Å². The molecule has 1 fully saturated rings. The van der Waals surface area contributed by atoms with Gasteiger partial charge in [0.05, 0.1) is 0 Å². The van der Waals surface area contributed by atoms with Gasteiger partial charge in [0.25, 0.3) is 11.8 Å². The molecule has 0 spiro atoms. The standard InChI is InChI=1S/C12H18N2O2/c1-8-6-11(15)14(12(8)16)10-4-5-13(3)7-9(10)2/h6,9-10H,4-5,7H2,1-3H3. The predicted octanol–water partition coefficient (Wildman–Crippen LogP) is 0.642. The van der Waals surface area contributed by atoms with E-state index in [1.165, 1.54) is 11.0 Å². The fourth-order valence-electron chi connectivity index (χ4n) is 2.65. The molecule has 88 valence electrons. The Bertz CT molecular complexity index is 362. The molecule has 0 saturated carbocycles. The van der Waals surface area contributed by atoms with E-state index in [4.69, 9.17) is 0 Å². The minimum atomic E-state index is -0.135. The Morgan fingerprint density at radius 2 is 2.06 bits per heavy atom. The molecule has 0 aromatic carbocycles. The van der Waals surface area contributed by atoms with Crippen LogP contribution in [0.2, 0.25) is 0 Å². The molecule has 2 unspecified atom stereocenters. The van der Waals surface area contributed by atoms with Gasteiger partial charge in [0, 0.05) is 24.2 Å². The summed E-state index contributed by atoms with van der Waals surface area (Å²) in [6.45, 7) is 5.71. The summed E-state index contributed by atoms with van der Waals surface area (Å²) < 4.78 is 0. The van der Waals surface area contributed by atoms with E-state index < -0.39 is 0 Å². The van der Waals surface area contributed by atoms with E-state index in [0.29, 0.717) is 11.5 Å². The van der Waals surface area contributed by atoms with Gasteiger partial charge in [0.2, 0.25) is 0 Å². The first-order valence-electron chi connectivity index (χ1n) is 5.75. The molecule has 2 aliphatic heterocycles. The molecular weight excluding hydrogens is 204 g/mol. The van der Waals surface area contributed by atoms with E-state index >= 15 is 0 Å². The van der Waals surface area contributed by atoms with Gasteiger partial charge >= 0.3 is 0 Å². The number of carbonyl (C=O) groups is 2. The molecule has 4 nitrogen and oxygen atoms in total. The minimum Gasteiger partial charge on any atom is -0.306 e. The molecule has 0 radical (unpaired) electrons. The number of rotatable bonds is 1. The molecule has 0 N–H and O–H groups in total. The highest BCUT2D eigenvalue weighted by atomic mass is 16.2. The summed E-state index contributed by atoms with van der Waals surface area (Å²) >= 11 is 0. The Morgan fingerprint density at radius 3 is 2.56 bits per heavy atom. The zero-order chi connectivity index (χ0) is 11.9. The number of nitrogens with zero attached hydrogens (tertiary/aromatic N) is 2. The van der Waals surface area contributed by atoms with Crippen molar-refractivity contribution in [2.45, 2.75) is 26.3 Å². The summed E-state index contributed by atoms with van der Waals surface area (Å²) in [5.41, 5.74) is 0.566. The number of hydrogen-bond acceptors (Lipinski definition) is 3. The van der Waals surface area contributed by atoms with Crippen molar-refractivity contribution in [2.24, 2.45) is 5.92 Å². The molecule has 0 aromatic rings. The number of imide groups is 1. The largest absolute Gasteiger partial charge is 0.306 e. The first-order chi connectivity index (χ1) is 7.50. The summed E-state index contributed by atoms with van der Waals surface area (Å²) in [5, 5.41) is 0. The van der Waals surface area contributed by atoms with Gasteiger partial charge in [-0.2, -0.15) is 0 Å². The zero-order valence-corrected chi connectivity index (χ0v) is 10.1. The zero-order valence-electron chi connectivity index (χ0n) is 10.1. The smallest absolute Gasteiger partial charge is 0.256 e. The second-order valence-corrected chi connectivity index (χ2v) is 4.94. The van der Waals surface area contributed by atoms with Gasteiger partial charge in [-0.25, -0.2) is 0 Å². The molecule has 2 heterocycles. The number of carbonyl (C=O) groups excluding carboxylic acids is 2. The first kappa shape index (κ1) is 11.3. The molecule has 0 aromatic heterocycles. The molecular formula is C12H18N2O2. The maximum Gasteiger partial charge on any atom is 0.256 e. The Kier molecular flexibility index (Phi) is 2.84. The van der Waals surface area contributed by atoms with E-state index in [0.717, 1.165) is 19.5 Å². The van der Waals surface area contributed by atoms with Crippen LogP contribution < -0.4 is 0 Å². The number of amides is 2. The van der Waals surface area contributed by atoms with Crippen molar-refractivity contribution >= 4 is 11.8 Å². The highest BCUT2D eigenvalue weighted by Crippen LogP contribution is 2.26. The maximum atomic E-state index is 11.9. The Hall–Kier alpha value is -1.16. The highest BCUT2D eigenvalue weighted by Gasteiger charge is 2.38. The average Bonchev–Trinajstić information content (AvgIpc) is 2.43. The van der Waals surface area contributed by atoms with Crippen molar-refractivity contribution in [3.05, 3.63) is 11.6 Å². The molecule has 2 aliphatic rings. The predicted molar refractivity (Wildman–Crippen MR) is 60.7 cm³/mol. The fraction of sp³-hybridized carbons (Fsp3) is 0.667. The Balaban J connectivity index is 2.14. The van der Waals surface area contributed by atoms with Crippen LogP contribution in [0.5, 0.6) is 0 Å². The summed E-state index contributed by atoms with van der Waals surface area (Å²) in [7, 11) is 2.07. The average molecular weight is 222 g/mol. The molecule has 4 heteroatoms. The van der Waals surface area contributed by atoms with Crippen LogP contribution >= 0.6 is 0 Å². The molecule has 0 bridgehead atoms. The van der Waals surface area contributed by atoms with Crippen molar-refractivity contribution < 1.29 is 9.59 Å². The molecule has 2 atom stereocenters. The lowest BCUT2D eigenvalue weighted by atomic mass is 9.93. The lowest BCUT2D eigenvalue weighted by Gasteiger charge is -2.39. The second kappa shape index (κ2) is 4.01. The van der Waals surface area contributed by atoms with Crippen LogP contribution in [0.25, 0.3) is 0 Å². The number of piperidine rings is 1. The molecule has 2 rings (SSSR count). The van der Waals surface area contributed by atoms with Crippen LogP contribution in [0.15, 0.2) is 11.6 Å². The van der Waals surface area contributed by atoms with Crippen LogP contribution in [0, 0.1) is 5.92 Å². The Morgan fingerprint density at radius 1 is 1.38 bits per heavy atom. The normalized spacial score (nSPS) is 32.2. The SMILES string of the molecule is CC1=CC(=O)N(C2CCN(C)CC2C)C1=O. The van der Waals surface area contributed by atoms with Gasteiger partial charge in [-0.05, 0) is 32.9 Å². The summed E-state index contributed by atoms with van der Waals surface area (Å²) in [6.07, 6.45) is 2.34. The quantitative estimate of drug-likeness (QED) is 0.611. The number of likely N-dealkylation sites (tertiary alicyclic amines) is 1. The second-order valence-electron chi connectivity index (χ2n) is 4.94. The lowest BCUT2D eigenvalue weighted by molar-refractivity contribution is -0.142. The third-order valence-corrected chi connectivity index (χ3v) is 3.53. The van der Waals surface area contributed by atoms with E-state index in [1.807, 2.05) is 0 Å². The van der Waals surface area contributed by atoms with Crippen molar-refractivity contribution in [1.29, 1.82) is 0 Å². The van der Waals surface area contributed by atoms with Gasteiger partial charge < -0.3 is 4.90 Å². The van der Waals surface area contributed by atoms with Gasteiger partial charge in [-0.3, -0.25) is 14.5 Å². The van der Waals surface area contributed by atoms with Crippen molar-refractivity contribution in [2.75, 3.05) is 20.1 Å². The maximum absolute atomic E-state index is 11.9. The third kappa shape index (κ3) is 1.78. The van der Waals surface area contributed by atoms with Crippen LogP contribution in [0.3, 0.4) is 0 Å². The highest BCUT2D eigenvalue weighted by molar-refractivity contribution is 6.16. The summed E-state index contributed by atoms with van der Waals surface area (Å²) in [6, 6.07) is 0.0740. The van der Waals surface area contributed by atoms with Crippen molar-refractivity contribution in [3.8, 4) is 0 Å². The topological polar surface area (TPSA) is 40.6 Å². The van der Waals surface area contributed by atoms with Crippen LogP contribution in [0.1, 0.15) is 20.3 Å². The monoisotopic (exact) mass is 222 g/mol. The van der Waals surface area contributed by atoms with Gasteiger partial charge in [-0.1, -0.05) is 6.92 Å². The lowest BCUT2D eigenvalue weighted by Crippen LogP contribution is -2.51. The van der Waals surface area contributed by atoms with Crippen molar-refractivity contribution in [1.82, 2.24) is 9.80 Å².